The molecule has 0 radical (unpaired) electrons. The van der Waals surface area contributed by atoms with E-state index in [-0.39, 0.29) is 5.75 Å². The van der Waals surface area contributed by atoms with Gasteiger partial charge in [-0.2, -0.15) is 0 Å². The van der Waals surface area contributed by atoms with Gasteiger partial charge in [0.05, 0.1) is 12.1 Å². The molecular weight excluding hydrogens is 274 g/mol. The summed E-state index contributed by atoms with van der Waals surface area (Å²) in [5.74, 6) is 0.379. The van der Waals surface area contributed by atoms with E-state index < -0.39 is 0 Å². The molecule has 3 nitrogen and oxygen atoms in total. The number of hydrogen-bond donors (Lipinski definition) is 2. The van der Waals surface area contributed by atoms with Crippen LogP contribution in [0.5, 0.6) is 11.5 Å². The van der Waals surface area contributed by atoms with Gasteiger partial charge in [0.15, 0.2) is 11.5 Å². The van der Waals surface area contributed by atoms with Gasteiger partial charge < -0.3 is 14.8 Å². The van der Waals surface area contributed by atoms with Crippen molar-refractivity contribution < 1.29 is 9.84 Å². The summed E-state index contributed by atoms with van der Waals surface area (Å²) < 4.78 is 5.13. The highest BCUT2D eigenvalue weighted by atomic mass is 35.5. The van der Waals surface area contributed by atoms with Crippen LogP contribution in [-0.2, 0) is 6.42 Å². The molecule has 3 aromatic rings. The van der Waals surface area contributed by atoms with Gasteiger partial charge in [-0.25, -0.2) is 0 Å². The molecule has 4 heteroatoms. The van der Waals surface area contributed by atoms with Gasteiger partial charge in [-0.15, -0.1) is 0 Å². The average Bonchev–Trinajstić information content (AvgIpc) is 2.86. The molecule has 0 atom stereocenters. The molecule has 102 valence electrons. The number of ether oxygens (including phenoxy) is 1. The Morgan fingerprint density at radius 2 is 2.05 bits per heavy atom. The Kier molecular flexibility index (Phi) is 3.28. The number of aromatic nitrogens is 1. The van der Waals surface area contributed by atoms with Crippen LogP contribution in [0.25, 0.3) is 10.9 Å². The first-order chi connectivity index (χ1) is 9.69. The fourth-order valence-electron chi connectivity index (χ4n) is 2.38. The van der Waals surface area contributed by atoms with Crippen LogP contribution in [0.3, 0.4) is 0 Å². The third kappa shape index (κ3) is 2.21. The number of aromatic amines is 1. The van der Waals surface area contributed by atoms with Crippen LogP contribution in [0.1, 0.15) is 11.1 Å². The Labute approximate surface area is 121 Å². The summed E-state index contributed by atoms with van der Waals surface area (Å²) in [6.07, 6.45) is 2.72. The molecule has 2 N–H and O–H groups in total. The quantitative estimate of drug-likeness (QED) is 0.761. The van der Waals surface area contributed by atoms with Crippen LogP contribution in [0.15, 0.2) is 42.6 Å². The van der Waals surface area contributed by atoms with Crippen LogP contribution in [0, 0.1) is 0 Å². The predicted molar refractivity (Wildman–Crippen MR) is 80.8 cm³/mol. The summed E-state index contributed by atoms with van der Waals surface area (Å²) in [4.78, 5) is 3.25. The smallest absolute Gasteiger partial charge is 0.176 e. The molecule has 20 heavy (non-hydrogen) atoms. The number of hydrogen-bond acceptors (Lipinski definition) is 2. The Bertz CT molecular complexity index is 764. The number of methoxy groups -OCH3 is 1. The Morgan fingerprint density at radius 3 is 2.85 bits per heavy atom. The number of nitrogens with one attached hydrogen (secondary N) is 1. The molecule has 0 aliphatic carbocycles. The second-order valence-electron chi connectivity index (χ2n) is 4.66. The number of phenolic OH excluding ortho intramolecular Hbond substituents is 1. The number of benzene rings is 2. The zero-order valence-corrected chi connectivity index (χ0v) is 11.7. The van der Waals surface area contributed by atoms with E-state index in [1.807, 2.05) is 30.5 Å². The van der Waals surface area contributed by atoms with Gasteiger partial charge in [0.1, 0.15) is 0 Å². The topological polar surface area (TPSA) is 45.2 Å². The highest BCUT2D eigenvalue weighted by Crippen LogP contribution is 2.36. The standard InChI is InChI=1S/C16H14ClNO2/c1-20-15-8-10(7-13(17)16(15)19)6-11-9-18-14-5-3-2-4-12(11)14/h2-5,7-9,18-19H,6H2,1H3. The monoisotopic (exact) mass is 287 g/mol. The minimum absolute atomic E-state index is 0.0168. The van der Waals surface area contributed by atoms with Crippen molar-refractivity contribution in [3.8, 4) is 11.5 Å². The zero-order valence-electron chi connectivity index (χ0n) is 11.0. The van der Waals surface area contributed by atoms with Gasteiger partial charge in [0, 0.05) is 17.1 Å². The fourth-order valence-corrected chi connectivity index (χ4v) is 2.62. The van der Waals surface area contributed by atoms with E-state index in [0.717, 1.165) is 17.5 Å². The molecule has 0 saturated heterocycles. The van der Waals surface area contributed by atoms with Crippen molar-refractivity contribution in [1.29, 1.82) is 0 Å². The SMILES string of the molecule is COc1cc(Cc2c[nH]c3ccccc23)cc(Cl)c1O. The summed E-state index contributed by atoms with van der Waals surface area (Å²) in [5.41, 5.74) is 3.29. The number of para-hydroxylation sites is 1. The molecule has 0 amide bonds. The third-order valence-corrected chi connectivity index (χ3v) is 3.67. The van der Waals surface area contributed by atoms with Crippen LogP contribution >= 0.6 is 11.6 Å². The van der Waals surface area contributed by atoms with Crippen molar-refractivity contribution in [3.63, 3.8) is 0 Å². The summed E-state index contributed by atoms with van der Waals surface area (Å²) in [6.45, 7) is 0. The van der Waals surface area contributed by atoms with Gasteiger partial charge in [0.2, 0.25) is 0 Å². The van der Waals surface area contributed by atoms with E-state index in [1.165, 1.54) is 18.1 Å². The fraction of sp³-hybridized carbons (Fsp3) is 0.125. The first-order valence-electron chi connectivity index (χ1n) is 6.29. The minimum atomic E-state index is -0.0168. The van der Waals surface area contributed by atoms with Crippen LogP contribution < -0.4 is 4.74 Å². The average molecular weight is 288 g/mol. The lowest BCUT2D eigenvalue weighted by molar-refractivity contribution is 0.373. The van der Waals surface area contributed by atoms with Crippen LogP contribution in [0.2, 0.25) is 5.02 Å². The lowest BCUT2D eigenvalue weighted by Gasteiger charge is -2.08. The van der Waals surface area contributed by atoms with Crippen LogP contribution in [0.4, 0.5) is 0 Å². The molecule has 3 rings (SSSR count). The number of fused-ring (bicyclic) bond motifs is 1. The molecule has 0 saturated carbocycles. The summed E-state index contributed by atoms with van der Waals surface area (Å²) in [7, 11) is 1.51. The maximum atomic E-state index is 9.76. The normalized spacial score (nSPS) is 10.9. The molecule has 0 unspecified atom stereocenters. The van der Waals surface area contributed by atoms with Crippen LogP contribution in [-0.4, -0.2) is 17.2 Å². The number of halogens is 1. The molecule has 1 heterocycles. The summed E-state index contributed by atoms with van der Waals surface area (Å²) >= 11 is 6.02. The van der Waals surface area contributed by atoms with E-state index >= 15 is 0 Å². The Balaban J connectivity index is 2.01. The summed E-state index contributed by atoms with van der Waals surface area (Å²) in [5, 5.41) is 11.3. The number of phenols is 1. The third-order valence-electron chi connectivity index (χ3n) is 3.38. The maximum Gasteiger partial charge on any atom is 0.176 e. The van der Waals surface area contributed by atoms with Crippen molar-refractivity contribution >= 4 is 22.5 Å². The van der Waals surface area contributed by atoms with Crippen molar-refractivity contribution in [2.24, 2.45) is 0 Å². The lowest BCUT2D eigenvalue weighted by Crippen LogP contribution is -1.91. The summed E-state index contributed by atoms with van der Waals surface area (Å²) in [6, 6.07) is 11.7. The van der Waals surface area contributed by atoms with E-state index in [9.17, 15) is 5.11 Å². The van der Waals surface area contributed by atoms with Gasteiger partial charge in [0.25, 0.3) is 0 Å². The number of rotatable bonds is 3. The molecule has 0 bridgehead atoms. The van der Waals surface area contributed by atoms with E-state index in [2.05, 4.69) is 11.1 Å². The van der Waals surface area contributed by atoms with Gasteiger partial charge in [-0.1, -0.05) is 29.8 Å². The highest BCUT2D eigenvalue weighted by Gasteiger charge is 2.11. The van der Waals surface area contributed by atoms with Crippen molar-refractivity contribution in [2.75, 3.05) is 7.11 Å². The van der Waals surface area contributed by atoms with Gasteiger partial charge in [-0.05, 0) is 35.7 Å². The van der Waals surface area contributed by atoms with E-state index in [4.69, 9.17) is 16.3 Å². The first kappa shape index (κ1) is 12.9. The first-order valence-corrected chi connectivity index (χ1v) is 6.67. The lowest BCUT2D eigenvalue weighted by atomic mass is 10.0. The molecule has 0 aliphatic heterocycles. The minimum Gasteiger partial charge on any atom is -0.503 e. The van der Waals surface area contributed by atoms with E-state index in [1.54, 1.807) is 6.07 Å². The predicted octanol–water partition coefficient (Wildman–Crippen LogP) is 4.13. The van der Waals surface area contributed by atoms with E-state index in [0.29, 0.717) is 10.8 Å². The zero-order chi connectivity index (χ0) is 14.1. The number of H-pyrrole nitrogens is 1. The largest absolute Gasteiger partial charge is 0.503 e. The van der Waals surface area contributed by atoms with Gasteiger partial charge in [-0.3, -0.25) is 0 Å². The molecular formula is C16H14ClNO2. The highest BCUT2D eigenvalue weighted by molar-refractivity contribution is 6.32. The Hall–Kier alpha value is -2.13. The molecule has 0 fully saturated rings. The van der Waals surface area contributed by atoms with Gasteiger partial charge >= 0.3 is 0 Å². The molecule has 0 aliphatic rings. The van der Waals surface area contributed by atoms with Crippen molar-refractivity contribution in [2.45, 2.75) is 6.42 Å². The molecule has 1 aromatic heterocycles. The number of aromatic hydroxyl groups is 1. The second-order valence-corrected chi connectivity index (χ2v) is 5.07. The maximum absolute atomic E-state index is 9.76. The van der Waals surface area contributed by atoms with Crippen molar-refractivity contribution in [3.05, 3.63) is 58.7 Å². The second kappa shape index (κ2) is 5.10. The molecule has 2 aromatic carbocycles. The Morgan fingerprint density at radius 1 is 1.25 bits per heavy atom. The molecule has 0 spiro atoms. The van der Waals surface area contributed by atoms with Crippen molar-refractivity contribution in [1.82, 2.24) is 4.98 Å².